The van der Waals surface area contributed by atoms with Crippen LogP contribution in [0.2, 0.25) is 0 Å². The van der Waals surface area contributed by atoms with Gasteiger partial charge in [-0.25, -0.2) is 14.6 Å². The highest BCUT2D eigenvalue weighted by Crippen LogP contribution is 2.44. The monoisotopic (exact) mass is 1440 g/mol. The number of carbonyl (C=O) groups is 6. The summed E-state index contributed by atoms with van der Waals surface area (Å²) in [6.45, 7) is 21.1. The smallest absolute Gasteiger partial charge is 0.361 e. The molecule has 9 rings (SSSR count). The number of ether oxygens (including phenoxy) is 4. The van der Waals surface area contributed by atoms with Crippen molar-refractivity contribution in [2.75, 3.05) is 50.1 Å². The zero-order valence-corrected chi connectivity index (χ0v) is 61.4. The molecular weight excluding hydrogens is 1360 g/mol. The number of aromatic carboxylic acids is 1. The number of amides is 2. The van der Waals surface area contributed by atoms with Gasteiger partial charge in [0.15, 0.2) is 10.8 Å². The number of unbranched alkanes of at least 4 members (excludes halogenated alkanes) is 4. The first kappa shape index (κ1) is 76.6. The van der Waals surface area contributed by atoms with Gasteiger partial charge in [-0.2, -0.15) is 0 Å². The van der Waals surface area contributed by atoms with E-state index < -0.39 is 80.5 Å². The fraction of sp³-hybridized carbons (Fsp3) is 0.392. The SMILES string of the molecule is CCCC[N+](CCCC)(CCCC)CCCC.COc1ccc(COC(=O)C2=C(CSc3s[nH]c(=O)c3C(=O)[O-])CSC3C(NC(=O)/C(=N\OC(Sc4ccc(OC(C)=O)cc4)C(=O)OC(C)(C)C)c4csc(NC(c5ccccc5)(c5ccccc5)c5ccccc5)n4)C(=O)N23)cc1. The fourth-order valence-corrected chi connectivity index (χ4v) is 16.3. The van der Waals surface area contributed by atoms with Gasteiger partial charge in [-0.3, -0.25) is 28.5 Å². The first-order chi connectivity index (χ1) is 47.7. The second kappa shape index (κ2) is 36.8. The number of aromatic amines is 1. The van der Waals surface area contributed by atoms with E-state index in [0.717, 1.165) is 63.1 Å². The zero-order valence-electron chi connectivity index (χ0n) is 57.3. The Balaban J connectivity index is 0.000000647. The number of quaternary nitrogens is 1. The number of benzene rings is 5. The highest BCUT2D eigenvalue weighted by atomic mass is 32.2. The summed E-state index contributed by atoms with van der Waals surface area (Å²) < 4.78 is 25.9. The summed E-state index contributed by atoms with van der Waals surface area (Å²) in [4.78, 5) is 106. The Hall–Kier alpha value is -8.20. The van der Waals surface area contributed by atoms with Crippen molar-refractivity contribution in [1.82, 2.24) is 19.6 Å². The number of carbonyl (C=O) groups excluding carboxylic acids is 6. The molecule has 3 unspecified atom stereocenters. The minimum atomic E-state index is -1.67. The number of H-pyrrole nitrogens is 1. The van der Waals surface area contributed by atoms with Gasteiger partial charge in [0.25, 0.3) is 22.8 Å². The van der Waals surface area contributed by atoms with Gasteiger partial charge in [0.2, 0.25) is 0 Å². The van der Waals surface area contributed by atoms with Gasteiger partial charge < -0.3 is 48.8 Å². The number of β-lactam (4-membered cyclic amide) rings is 1. The molecule has 99 heavy (non-hydrogen) atoms. The van der Waals surface area contributed by atoms with Crippen molar-refractivity contribution < 1.29 is 62.1 Å². The summed E-state index contributed by atoms with van der Waals surface area (Å²) in [5.41, 5.74) is -1.83. The van der Waals surface area contributed by atoms with Crippen molar-refractivity contribution in [2.45, 2.75) is 150 Å². The third-order valence-corrected chi connectivity index (χ3v) is 21.7. The van der Waals surface area contributed by atoms with Gasteiger partial charge in [0, 0.05) is 28.7 Å². The molecule has 25 heteroatoms. The van der Waals surface area contributed by atoms with Crippen molar-refractivity contribution in [3.05, 3.63) is 200 Å². The van der Waals surface area contributed by atoms with Crippen LogP contribution < -0.4 is 30.8 Å². The summed E-state index contributed by atoms with van der Waals surface area (Å²) >= 11 is 5.06. The van der Waals surface area contributed by atoms with Gasteiger partial charge in [-0.1, -0.05) is 185 Å². The number of carboxylic acid groups (broad SMARTS) is 1. The second-order valence-corrected chi connectivity index (χ2v) is 29.9. The van der Waals surface area contributed by atoms with Crippen molar-refractivity contribution in [3.63, 3.8) is 0 Å². The number of fused-ring (bicyclic) bond motifs is 1. The number of esters is 3. The minimum absolute atomic E-state index is 0.00308. The number of hydrogen-bond acceptors (Lipinski definition) is 21. The molecule has 1 saturated heterocycles. The number of aromatic nitrogens is 2. The molecule has 0 aliphatic carbocycles. The Bertz CT molecular complexity index is 3820. The molecule has 0 radical (unpaired) electrons. The summed E-state index contributed by atoms with van der Waals surface area (Å²) in [5, 5.41) is 23.8. The molecule has 7 aromatic rings. The molecule has 3 N–H and O–H groups in total. The highest BCUT2D eigenvalue weighted by Gasteiger charge is 2.55. The summed E-state index contributed by atoms with van der Waals surface area (Å²) in [7, 11) is 1.52. The molecule has 0 bridgehead atoms. The van der Waals surface area contributed by atoms with Crippen LogP contribution in [0.1, 0.15) is 145 Å². The van der Waals surface area contributed by atoms with E-state index in [9.17, 15) is 33.9 Å². The molecule has 20 nitrogen and oxygen atoms in total. The summed E-state index contributed by atoms with van der Waals surface area (Å²) in [5.74, 6) is -4.58. The predicted molar refractivity (Wildman–Crippen MR) is 390 cm³/mol. The van der Waals surface area contributed by atoms with Crippen LogP contribution >= 0.6 is 58.2 Å². The van der Waals surface area contributed by atoms with Gasteiger partial charge in [0.05, 0.1) is 49.0 Å². The van der Waals surface area contributed by atoms with E-state index in [1.54, 1.807) is 62.5 Å². The molecule has 5 aromatic carbocycles. The van der Waals surface area contributed by atoms with E-state index in [-0.39, 0.29) is 39.5 Å². The molecule has 0 spiro atoms. The third-order valence-electron chi connectivity index (χ3n) is 16.3. The molecule has 2 aromatic heterocycles. The molecule has 2 aliphatic heterocycles. The standard InChI is InChI=1S/C58H52N6O13S5.C16H36N/c1-33(65)75-40-25-27-41(28-26-40)81-54(53(72)76-57(2,3)4)77-62-44(42-32-80-56(59-42)61-58(36-15-9-6-10-16-36,37-17-11-7-12-18-37)38-19-13-8-14-20-38)48(67)60-45-49(68)64-46(52(71)74-29-34-21-23-39(73-5)24-22-34)35(30-78-50(45)64)31-79-55-43(51(69)70)47(66)63-82-55;1-5-9-13-17(14-10-6-2,15-11-7-3)16-12-8-4/h6-28,32,45,50,54H,29-31H2,1-5H3,(H,59,61)(H,60,67)(H,63,66)(H,69,70);5-16H2,1-4H3/q;+1/p-1/b62-44-;. The lowest BCUT2D eigenvalue weighted by Crippen LogP contribution is -2.71. The molecule has 0 saturated carbocycles. The number of hydrogen-bond donors (Lipinski definition) is 3. The van der Waals surface area contributed by atoms with Gasteiger partial charge >= 0.3 is 17.9 Å². The maximum atomic E-state index is 15.0. The second-order valence-electron chi connectivity index (χ2n) is 24.8. The number of oxime groups is 1. The summed E-state index contributed by atoms with van der Waals surface area (Å²) in [6.07, 6.45) is 11.1. The third kappa shape index (κ3) is 20.5. The Labute approximate surface area is 599 Å². The van der Waals surface area contributed by atoms with E-state index in [1.165, 1.54) is 125 Å². The van der Waals surface area contributed by atoms with E-state index in [0.29, 0.717) is 26.9 Å². The zero-order chi connectivity index (χ0) is 71.1. The largest absolute Gasteiger partial charge is 0.545 e. The average molecular weight is 1440 g/mol. The van der Waals surface area contributed by atoms with Crippen LogP contribution in [0, 0.1) is 0 Å². The van der Waals surface area contributed by atoms with Crippen LogP contribution in [0.25, 0.3) is 0 Å². The van der Waals surface area contributed by atoms with E-state index in [4.69, 9.17) is 28.8 Å². The first-order valence-electron chi connectivity index (χ1n) is 33.2. The number of thiazole rings is 1. The molecular formula is C74H87N7O13S5. The van der Waals surface area contributed by atoms with E-state index >= 15 is 4.79 Å². The minimum Gasteiger partial charge on any atom is -0.545 e. The molecule has 2 aliphatic rings. The lowest BCUT2D eigenvalue weighted by Gasteiger charge is -2.49. The quantitative estimate of drug-likeness (QED) is 0.00390. The van der Waals surface area contributed by atoms with Crippen LogP contribution in [0.4, 0.5) is 5.13 Å². The van der Waals surface area contributed by atoms with Gasteiger partial charge in [-0.05, 0) is 111 Å². The molecule has 1 fully saturated rings. The number of nitrogens with one attached hydrogen (secondary N) is 3. The fourth-order valence-electron chi connectivity index (χ4n) is 11.3. The van der Waals surface area contributed by atoms with Crippen LogP contribution in [0.5, 0.6) is 11.5 Å². The van der Waals surface area contributed by atoms with Gasteiger partial charge in [-0.15, -0.1) is 34.9 Å². The highest BCUT2D eigenvalue weighted by molar-refractivity contribution is 8.02. The normalized spacial score (nSPS) is 14.9. The van der Waals surface area contributed by atoms with Gasteiger partial charge in [0.1, 0.15) is 52.1 Å². The topological polar surface area (TPSA) is 257 Å². The van der Waals surface area contributed by atoms with Crippen molar-refractivity contribution in [3.8, 4) is 11.5 Å². The number of anilines is 1. The predicted octanol–water partition coefficient (Wildman–Crippen LogP) is 13.0. The average Bonchev–Trinajstić information content (AvgIpc) is 0.952. The van der Waals surface area contributed by atoms with Crippen LogP contribution in [0.3, 0.4) is 0 Å². The van der Waals surface area contributed by atoms with E-state index in [1.807, 2.05) is 91.0 Å². The molecule has 526 valence electrons. The van der Waals surface area contributed by atoms with Crippen LogP contribution in [0.15, 0.2) is 175 Å². The van der Waals surface area contributed by atoms with E-state index in [2.05, 4.69) is 47.9 Å². The van der Waals surface area contributed by atoms with Crippen LogP contribution in [-0.2, 0) is 50.4 Å². The number of methoxy groups -OCH3 is 1. The van der Waals surface area contributed by atoms with Crippen molar-refractivity contribution >= 4 is 105 Å². The molecule has 4 heterocycles. The lowest BCUT2D eigenvalue weighted by molar-refractivity contribution is -0.929. The number of rotatable bonds is 34. The van der Waals surface area contributed by atoms with Crippen molar-refractivity contribution in [1.29, 1.82) is 0 Å². The Morgan fingerprint density at radius 3 is 1.82 bits per heavy atom. The lowest BCUT2D eigenvalue weighted by atomic mass is 9.77. The number of carboxylic acids is 1. The Morgan fingerprint density at radius 1 is 0.768 bits per heavy atom. The van der Waals surface area contributed by atoms with Crippen LogP contribution in [-0.4, -0.2) is 127 Å². The van der Waals surface area contributed by atoms with Crippen molar-refractivity contribution in [2.24, 2.45) is 5.16 Å². The first-order valence-corrected chi connectivity index (χ1v) is 37.8. The maximum absolute atomic E-state index is 15.0. The molecule has 3 atom stereocenters. The number of thioether (sulfide) groups is 3. The number of nitrogens with zero attached hydrogens (tertiary/aromatic N) is 4. The molecule has 2 amide bonds. The maximum Gasteiger partial charge on any atom is 0.361 e. The Kier molecular flexibility index (Phi) is 28.4. The Morgan fingerprint density at radius 2 is 1.31 bits per heavy atom. The summed E-state index contributed by atoms with van der Waals surface area (Å²) in [6, 6.07) is 41.2.